The molecule has 0 aliphatic carbocycles. The van der Waals surface area contributed by atoms with E-state index >= 15 is 0 Å². The highest BCUT2D eigenvalue weighted by molar-refractivity contribution is 7.47. The van der Waals surface area contributed by atoms with Gasteiger partial charge in [-0.25, -0.2) is 9.13 Å². The van der Waals surface area contributed by atoms with Gasteiger partial charge in [0.2, 0.25) is 0 Å². The summed E-state index contributed by atoms with van der Waals surface area (Å²) in [6, 6.07) is 0. The Kier molecular flexibility index (Phi) is 44.1. The van der Waals surface area contributed by atoms with Gasteiger partial charge >= 0.3 is 27.6 Å². The van der Waals surface area contributed by atoms with Crippen molar-refractivity contribution in [2.75, 3.05) is 39.6 Å². The van der Waals surface area contributed by atoms with Crippen molar-refractivity contribution in [2.45, 2.75) is 212 Å². The lowest BCUT2D eigenvalue weighted by Crippen LogP contribution is -2.25. The van der Waals surface area contributed by atoms with E-state index in [-0.39, 0.29) is 12.8 Å². The second-order valence-electron chi connectivity index (χ2n) is 16.8. The molecule has 0 rings (SSSR count). The second kappa shape index (κ2) is 45.4. The Morgan fingerprint density at radius 3 is 1.02 bits per heavy atom. The predicted molar refractivity (Wildman–Crippen MR) is 261 cm³/mol. The number of aliphatic hydroxyl groups excluding tert-OH is 3. The average molecular weight is 981 g/mol. The third-order valence-electron chi connectivity index (χ3n) is 10.3. The van der Waals surface area contributed by atoms with Crippen molar-refractivity contribution < 1.29 is 71.4 Å². The van der Waals surface area contributed by atoms with E-state index in [1.807, 2.05) is 0 Å². The highest BCUT2D eigenvalue weighted by Gasteiger charge is 2.28. The molecule has 15 nitrogen and oxygen atoms in total. The number of phosphoric ester groups is 2. The summed E-state index contributed by atoms with van der Waals surface area (Å²) in [7, 11) is -9.58. The number of phosphoric acid groups is 2. The first-order valence-electron chi connectivity index (χ1n) is 25.0. The summed E-state index contributed by atoms with van der Waals surface area (Å²) in [5.41, 5.74) is 0. The Morgan fingerprint density at radius 2 is 0.652 bits per heavy atom. The van der Waals surface area contributed by atoms with Gasteiger partial charge in [-0.05, 0) is 77.0 Å². The highest BCUT2D eigenvalue weighted by atomic mass is 31.2. The van der Waals surface area contributed by atoms with Gasteiger partial charge in [-0.1, -0.05) is 152 Å². The molecule has 0 saturated heterocycles. The zero-order valence-electron chi connectivity index (χ0n) is 40.6. The van der Waals surface area contributed by atoms with Gasteiger partial charge in [0.15, 0.2) is 0 Å². The van der Waals surface area contributed by atoms with Gasteiger partial charge in [0, 0.05) is 12.8 Å². The van der Waals surface area contributed by atoms with Gasteiger partial charge in [-0.2, -0.15) is 0 Å². The number of unbranched alkanes of at least 4 members (excludes halogenated alkanes) is 20. The van der Waals surface area contributed by atoms with E-state index in [0.717, 1.165) is 77.0 Å². The van der Waals surface area contributed by atoms with E-state index in [9.17, 15) is 43.8 Å². The zero-order valence-corrected chi connectivity index (χ0v) is 42.4. The summed E-state index contributed by atoms with van der Waals surface area (Å²) in [6.45, 7) is 0.365. The lowest BCUT2D eigenvalue weighted by atomic mass is 10.1. The molecule has 0 aliphatic heterocycles. The first-order valence-corrected chi connectivity index (χ1v) is 28.0. The molecule has 0 aliphatic rings. The molecule has 0 aromatic carbocycles. The summed E-state index contributed by atoms with van der Waals surface area (Å²) < 4.78 is 53.0. The summed E-state index contributed by atoms with van der Waals surface area (Å²) >= 11 is 0. The van der Waals surface area contributed by atoms with Crippen LogP contribution in [-0.2, 0) is 46.3 Å². The van der Waals surface area contributed by atoms with E-state index in [4.69, 9.17) is 9.47 Å². The SMILES string of the molecule is CCCCC/C=C\C/C=C\C/C=C\CCCCCCC(=O)OCC(O)COP(=O)(O)OCC(O)COP(=O)(O)OCC(O)COC(=O)CCCCCCCCC/C=C/CCCCCCCC. The fraction of sp³-hybridized carbons (Fsp3) is 0.796. The lowest BCUT2D eigenvalue weighted by molar-refractivity contribution is -0.148. The molecule has 0 fully saturated rings. The molecule has 0 saturated carbocycles. The smallest absolute Gasteiger partial charge is 0.463 e. The van der Waals surface area contributed by atoms with E-state index in [1.54, 1.807) is 0 Å². The molecule has 5 unspecified atom stereocenters. The highest BCUT2D eigenvalue weighted by Crippen LogP contribution is 2.45. The number of esters is 2. The summed E-state index contributed by atoms with van der Waals surface area (Å²) in [5.74, 6) is -1.02. The van der Waals surface area contributed by atoms with Crippen molar-refractivity contribution in [3.63, 3.8) is 0 Å². The molecule has 17 heteroatoms. The van der Waals surface area contributed by atoms with Crippen molar-refractivity contribution in [3.8, 4) is 0 Å². The van der Waals surface area contributed by atoms with E-state index in [2.05, 4.69) is 80.6 Å². The van der Waals surface area contributed by atoms with E-state index in [1.165, 1.54) is 77.0 Å². The Hall–Kier alpha value is -2.00. The fourth-order valence-corrected chi connectivity index (χ4v) is 7.92. The normalized spacial score (nSPS) is 15.4. The minimum atomic E-state index is -4.79. The molecule has 66 heavy (non-hydrogen) atoms. The van der Waals surface area contributed by atoms with Gasteiger partial charge in [0.05, 0.1) is 26.4 Å². The molecular formula is C49H90O15P2. The molecule has 0 aromatic heterocycles. The van der Waals surface area contributed by atoms with E-state index in [0.29, 0.717) is 12.8 Å². The monoisotopic (exact) mass is 981 g/mol. The van der Waals surface area contributed by atoms with Crippen molar-refractivity contribution in [1.29, 1.82) is 0 Å². The number of rotatable bonds is 48. The Morgan fingerprint density at radius 1 is 0.394 bits per heavy atom. The van der Waals surface area contributed by atoms with Crippen LogP contribution in [0.5, 0.6) is 0 Å². The molecule has 386 valence electrons. The number of carbonyl (C=O) groups is 2. The van der Waals surface area contributed by atoms with Crippen molar-refractivity contribution >= 4 is 27.6 Å². The summed E-state index contributed by atoms with van der Waals surface area (Å²) in [4.78, 5) is 43.8. The third kappa shape index (κ3) is 47.1. The van der Waals surface area contributed by atoms with Crippen LogP contribution in [0, 0.1) is 0 Å². The molecule has 0 spiro atoms. The van der Waals surface area contributed by atoms with Crippen molar-refractivity contribution in [3.05, 3.63) is 48.6 Å². The van der Waals surface area contributed by atoms with Gasteiger partial charge in [-0.3, -0.25) is 27.7 Å². The predicted octanol–water partition coefficient (Wildman–Crippen LogP) is 11.6. The third-order valence-corrected chi connectivity index (χ3v) is 12.2. The first kappa shape index (κ1) is 64.0. The number of ether oxygens (including phenoxy) is 2. The average Bonchev–Trinajstić information content (AvgIpc) is 3.29. The molecule has 0 bridgehead atoms. The second-order valence-corrected chi connectivity index (χ2v) is 19.7. The Balaban J connectivity index is 3.90. The maximum Gasteiger partial charge on any atom is 0.472 e. The molecule has 5 atom stereocenters. The number of aliphatic hydroxyl groups is 3. The van der Waals surface area contributed by atoms with Gasteiger partial charge in [-0.15, -0.1) is 0 Å². The van der Waals surface area contributed by atoms with Crippen LogP contribution in [0.3, 0.4) is 0 Å². The molecule has 0 amide bonds. The standard InChI is InChI=1S/C49H90O15P2/c1-3-5-7-9-11-13-15-17-19-21-23-25-27-29-31-33-35-37-48(53)59-39-45(50)41-61-65(55,56)63-43-47(52)44-64-66(57,58)62-42-46(51)40-60-49(54)38-36-34-32-30-28-26-24-22-20-18-16-14-12-10-8-6-4-2/h11,13,17-20,23,25,45-47,50-52H,3-10,12,14-16,21-22,24,26-44H2,1-2H3,(H,55,56)(H,57,58)/b13-11-,19-17-,20-18+,25-23-. The van der Waals surface area contributed by atoms with Crippen LogP contribution in [0.25, 0.3) is 0 Å². The maximum atomic E-state index is 12.2. The number of hydrogen-bond acceptors (Lipinski definition) is 13. The number of hydrogen-bond donors (Lipinski definition) is 5. The summed E-state index contributed by atoms with van der Waals surface area (Å²) in [6.07, 6.45) is 42.3. The largest absolute Gasteiger partial charge is 0.472 e. The first-order chi connectivity index (χ1) is 31.8. The van der Waals surface area contributed by atoms with Crippen molar-refractivity contribution in [2.24, 2.45) is 0 Å². The Labute approximate surface area is 398 Å². The van der Waals surface area contributed by atoms with Crippen molar-refractivity contribution in [1.82, 2.24) is 0 Å². The Bertz CT molecular complexity index is 1370. The van der Waals surface area contributed by atoms with Crippen LogP contribution in [0.4, 0.5) is 0 Å². The zero-order chi connectivity index (χ0) is 48.8. The van der Waals surface area contributed by atoms with Crippen LogP contribution < -0.4 is 0 Å². The van der Waals surface area contributed by atoms with Crippen LogP contribution >= 0.6 is 15.6 Å². The summed E-state index contributed by atoms with van der Waals surface area (Å²) in [5, 5.41) is 30.0. The number of carbonyl (C=O) groups excluding carboxylic acids is 2. The number of allylic oxidation sites excluding steroid dienone is 8. The van der Waals surface area contributed by atoms with Crippen LogP contribution in [0.15, 0.2) is 48.6 Å². The molecule has 5 N–H and O–H groups in total. The van der Waals surface area contributed by atoms with E-state index < -0.39 is 85.5 Å². The minimum absolute atomic E-state index is 0.170. The van der Waals surface area contributed by atoms with Crippen LogP contribution in [0.1, 0.15) is 194 Å². The van der Waals surface area contributed by atoms with Crippen LogP contribution in [0.2, 0.25) is 0 Å². The quantitative estimate of drug-likeness (QED) is 0.0165. The molecule has 0 heterocycles. The van der Waals surface area contributed by atoms with Gasteiger partial charge in [0.25, 0.3) is 0 Å². The molecule has 0 aromatic rings. The van der Waals surface area contributed by atoms with Gasteiger partial charge < -0.3 is 34.6 Å². The van der Waals surface area contributed by atoms with Gasteiger partial charge in [0.1, 0.15) is 31.5 Å². The fourth-order valence-electron chi connectivity index (χ4n) is 6.33. The lowest BCUT2D eigenvalue weighted by Gasteiger charge is -2.19. The molecule has 0 radical (unpaired) electrons. The minimum Gasteiger partial charge on any atom is -0.463 e. The maximum absolute atomic E-state index is 12.2. The van der Waals surface area contributed by atoms with Crippen LogP contribution in [-0.4, -0.2) is 95.0 Å². The molecular weight excluding hydrogens is 890 g/mol. The topological polar surface area (TPSA) is 225 Å².